The quantitative estimate of drug-likeness (QED) is 0.460. The van der Waals surface area contributed by atoms with E-state index in [1.54, 1.807) is 37.6 Å². The number of ether oxygens (including phenoxy) is 1. The summed E-state index contributed by atoms with van der Waals surface area (Å²) in [5.41, 5.74) is 8.69. The molecule has 4 rings (SSSR count). The van der Waals surface area contributed by atoms with Crippen LogP contribution in [-0.2, 0) is 0 Å². The Morgan fingerprint density at radius 1 is 1.18 bits per heavy atom. The molecule has 6 nitrogen and oxygen atoms in total. The van der Waals surface area contributed by atoms with Crippen LogP contribution in [0.4, 0.5) is 8.78 Å². The summed E-state index contributed by atoms with van der Waals surface area (Å²) in [5.74, 6) is -0.260. The molecule has 0 unspecified atom stereocenters. The van der Waals surface area contributed by atoms with Crippen molar-refractivity contribution in [2.24, 2.45) is 11.7 Å². The fourth-order valence-corrected chi connectivity index (χ4v) is 4.62. The topological polar surface area (TPSA) is 93.3 Å². The van der Waals surface area contributed by atoms with Crippen LogP contribution < -0.4 is 15.8 Å². The van der Waals surface area contributed by atoms with Gasteiger partial charge in [-0.15, -0.1) is 0 Å². The van der Waals surface area contributed by atoms with Gasteiger partial charge in [0.05, 0.1) is 24.2 Å². The Balaban J connectivity index is 1.31. The summed E-state index contributed by atoms with van der Waals surface area (Å²) in [7, 11) is 1.55. The maximum absolute atomic E-state index is 13.7. The number of methoxy groups -OCH3 is 1. The van der Waals surface area contributed by atoms with E-state index < -0.39 is 23.8 Å². The summed E-state index contributed by atoms with van der Waals surface area (Å²) in [4.78, 5) is 8.79. The summed E-state index contributed by atoms with van der Waals surface area (Å²) in [6.45, 7) is 0.566. The van der Waals surface area contributed by atoms with E-state index in [0.29, 0.717) is 35.1 Å². The number of nitrogens with zero attached hydrogens (tertiary/aromatic N) is 2. The molecule has 2 heterocycles. The number of hydrogen-bond acceptors (Lipinski definition) is 6. The Labute approximate surface area is 197 Å². The summed E-state index contributed by atoms with van der Waals surface area (Å²) in [5, 5.41) is 14.5. The molecule has 180 valence electrons. The first-order chi connectivity index (χ1) is 16.5. The molecule has 0 radical (unpaired) electrons. The molecule has 8 heteroatoms. The van der Waals surface area contributed by atoms with Crippen LogP contribution in [0.25, 0.3) is 17.1 Å². The van der Waals surface area contributed by atoms with Gasteiger partial charge in [-0.05, 0) is 61.9 Å². The molecule has 2 aromatic heterocycles. The fraction of sp³-hybridized carbons (Fsp3) is 0.385. The Morgan fingerprint density at radius 3 is 2.74 bits per heavy atom. The van der Waals surface area contributed by atoms with Crippen LogP contribution in [-0.4, -0.2) is 40.8 Å². The third-order valence-corrected chi connectivity index (χ3v) is 6.58. The fourth-order valence-electron chi connectivity index (χ4n) is 4.62. The smallest absolute Gasteiger partial charge is 0.213 e. The van der Waals surface area contributed by atoms with Crippen LogP contribution in [0.2, 0.25) is 0 Å². The average Bonchev–Trinajstić information content (AvgIpc) is 2.87. The van der Waals surface area contributed by atoms with Crippen LogP contribution in [0.3, 0.4) is 0 Å². The highest BCUT2D eigenvalue weighted by Gasteiger charge is 2.31. The summed E-state index contributed by atoms with van der Waals surface area (Å²) < 4.78 is 32.2. The molecule has 4 N–H and O–H groups in total. The van der Waals surface area contributed by atoms with E-state index >= 15 is 0 Å². The van der Waals surface area contributed by atoms with Gasteiger partial charge in [-0.3, -0.25) is 4.98 Å². The van der Waals surface area contributed by atoms with Crippen molar-refractivity contribution in [3.05, 3.63) is 71.4 Å². The Bertz CT molecular complexity index is 1150. The van der Waals surface area contributed by atoms with Crippen molar-refractivity contribution in [2.45, 2.75) is 43.9 Å². The van der Waals surface area contributed by atoms with Crippen molar-refractivity contribution in [1.29, 1.82) is 0 Å². The van der Waals surface area contributed by atoms with E-state index in [1.807, 2.05) is 6.07 Å². The second-order valence-corrected chi connectivity index (χ2v) is 8.73. The van der Waals surface area contributed by atoms with Crippen LogP contribution in [0.5, 0.6) is 5.88 Å². The standard InChI is InChI=1S/C26H30F2N4O2/c1-34-23-11-10-22-25(32-23)20(12-14-31-22)26(33)24(29)16-4-7-19(8-5-16)30-13-2-3-17-15-18(27)6-9-21(17)28/h2-3,6,9-12,14-16,19,24,26,30,33H,4-5,7-8,13,29H2,1H3/b3-2+/t16?,19?,24-,26-/m0/s1. The third-order valence-electron chi connectivity index (χ3n) is 6.58. The minimum atomic E-state index is -0.858. The van der Waals surface area contributed by atoms with E-state index in [1.165, 1.54) is 6.07 Å². The Kier molecular flexibility index (Phi) is 7.82. The maximum atomic E-state index is 13.7. The molecular formula is C26H30F2N4O2. The molecular weight excluding hydrogens is 438 g/mol. The highest BCUT2D eigenvalue weighted by atomic mass is 19.1. The Morgan fingerprint density at radius 2 is 1.97 bits per heavy atom. The van der Waals surface area contributed by atoms with Crippen LogP contribution in [0.1, 0.15) is 42.9 Å². The van der Waals surface area contributed by atoms with E-state index in [9.17, 15) is 13.9 Å². The van der Waals surface area contributed by atoms with Gasteiger partial charge in [-0.2, -0.15) is 0 Å². The van der Waals surface area contributed by atoms with Crippen molar-refractivity contribution < 1.29 is 18.6 Å². The molecule has 0 bridgehead atoms. The zero-order valence-electron chi connectivity index (χ0n) is 19.1. The minimum absolute atomic E-state index is 0.179. The Hall–Kier alpha value is -2.94. The molecule has 0 aliphatic heterocycles. The highest BCUT2D eigenvalue weighted by Crippen LogP contribution is 2.33. The molecule has 2 atom stereocenters. The number of pyridine rings is 2. The number of halogens is 2. The summed E-state index contributed by atoms with van der Waals surface area (Å²) in [6.07, 6.45) is 7.82. The van der Waals surface area contributed by atoms with E-state index in [-0.39, 0.29) is 11.5 Å². The lowest BCUT2D eigenvalue weighted by Gasteiger charge is -2.34. The third kappa shape index (κ3) is 5.58. The number of aliphatic hydroxyl groups is 1. The van der Waals surface area contributed by atoms with Crippen LogP contribution in [0.15, 0.2) is 48.7 Å². The lowest BCUT2D eigenvalue weighted by Crippen LogP contribution is -2.41. The largest absolute Gasteiger partial charge is 0.481 e. The average molecular weight is 469 g/mol. The van der Waals surface area contributed by atoms with Gasteiger partial charge in [0.1, 0.15) is 11.6 Å². The summed E-state index contributed by atoms with van der Waals surface area (Å²) >= 11 is 0. The number of rotatable bonds is 8. The molecule has 34 heavy (non-hydrogen) atoms. The van der Waals surface area contributed by atoms with Gasteiger partial charge in [0.2, 0.25) is 5.88 Å². The van der Waals surface area contributed by atoms with E-state index in [2.05, 4.69) is 15.3 Å². The van der Waals surface area contributed by atoms with Gasteiger partial charge in [-0.1, -0.05) is 12.2 Å². The first-order valence-electron chi connectivity index (χ1n) is 11.5. The first-order valence-corrected chi connectivity index (χ1v) is 11.5. The zero-order valence-corrected chi connectivity index (χ0v) is 19.1. The van der Waals surface area contributed by atoms with E-state index in [4.69, 9.17) is 10.5 Å². The predicted octanol–water partition coefficient (Wildman–Crippen LogP) is 4.14. The van der Waals surface area contributed by atoms with Crippen molar-refractivity contribution in [1.82, 2.24) is 15.3 Å². The predicted molar refractivity (Wildman–Crippen MR) is 128 cm³/mol. The minimum Gasteiger partial charge on any atom is -0.481 e. The first kappa shape index (κ1) is 24.2. The van der Waals surface area contributed by atoms with Crippen molar-refractivity contribution >= 4 is 17.1 Å². The second-order valence-electron chi connectivity index (χ2n) is 8.73. The van der Waals surface area contributed by atoms with Crippen LogP contribution in [0, 0.1) is 17.6 Å². The molecule has 1 aliphatic carbocycles. The van der Waals surface area contributed by atoms with E-state index in [0.717, 1.165) is 37.8 Å². The number of aromatic nitrogens is 2. The lowest BCUT2D eigenvalue weighted by atomic mass is 9.79. The van der Waals surface area contributed by atoms with Gasteiger partial charge in [-0.25, -0.2) is 13.8 Å². The number of hydrogen-bond donors (Lipinski definition) is 3. The molecule has 1 aliphatic rings. The lowest BCUT2D eigenvalue weighted by molar-refractivity contribution is 0.101. The number of aliphatic hydroxyl groups excluding tert-OH is 1. The summed E-state index contributed by atoms with van der Waals surface area (Å²) in [6, 6.07) is 8.63. The van der Waals surface area contributed by atoms with Gasteiger partial charge in [0.15, 0.2) is 0 Å². The normalized spacial score (nSPS) is 20.5. The van der Waals surface area contributed by atoms with Crippen molar-refractivity contribution in [3.8, 4) is 5.88 Å². The number of benzene rings is 1. The molecule has 0 amide bonds. The van der Waals surface area contributed by atoms with Gasteiger partial charge < -0.3 is 20.9 Å². The molecule has 1 saturated carbocycles. The molecule has 1 aromatic carbocycles. The molecule has 1 fully saturated rings. The number of nitrogens with two attached hydrogens (primary N) is 1. The highest BCUT2D eigenvalue weighted by molar-refractivity contribution is 5.78. The molecule has 0 spiro atoms. The van der Waals surface area contributed by atoms with Crippen molar-refractivity contribution in [3.63, 3.8) is 0 Å². The van der Waals surface area contributed by atoms with Crippen LogP contribution >= 0.6 is 0 Å². The second kappa shape index (κ2) is 11.0. The monoisotopic (exact) mass is 468 g/mol. The van der Waals surface area contributed by atoms with Crippen molar-refractivity contribution in [2.75, 3.05) is 13.7 Å². The maximum Gasteiger partial charge on any atom is 0.213 e. The van der Waals surface area contributed by atoms with Gasteiger partial charge >= 0.3 is 0 Å². The van der Waals surface area contributed by atoms with Gasteiger partial charge in [0, 0.05) is 42.0 Å². The molecule has 0 saturated heterocycles. The van der Waals surface area contributed by atoms with Gasteiger partial charge in [0.25, 0.3) is 0 Å². The SMILES string of the molecule is COc1ccc2nccc([C@H](O)[C@@H](N)C3CCC(NC/C=C/c4cc(F)ccc4F)CC3)c2n1. The molecule has 3 aromatic rings. The number of nitrogens with one attached hydrogen (secondary N) is 1. The number of fused-ring (bicyclic) bond motifs is 1. The zero-order chi connectivity index (χ0) is 24.1.